The average Bonchev–Trinajstić information content (AvgIpc) is 2.38. The predicted octanol–water partition coefficient (Wildman–Crippen LogP) is 3.27. The number of rotatable bonds is 2. The van der Waals surface area contributed by atoms with Gasteiger partial charge in [-0.25, -0.2) is 9.59 Å². The van der Waals surface area contributed by atoms with E-state index >= 15 is 0 Å². The molecule has 2 N–H and O–H groups in total. The van der Waals surface area contributed by atoms with Crippen LogP contribution >= 0.6 is 0 Å². The molecule has 0 saturated carbocycles. The normalized spacial score (nSPS) is 18.3. The molecular formula is C18H24N2O3. The fraction of sp³-hybridized carbons (Fsp3) is 0.444. The summed E-state index contributed by atoms with van der Waals surface area (Å²) in [4.78, 5) is 24.5. The summed E-state index contributed by atoms with van der Waals surface area (Å²) in [6, 6.07) is 5.02. The number of urea groups is 1. The van der Waals surface area contributed by atoms with Crippen molar-refractivity contribution in [1.29, 1.82) is 0 Å². The van der Waals surface area contributed by atoms with E-state index in [0.717, 1.165) is 16.7 Å². The zero-order valence-corrected chi connectivity index (χ0v) is 14.5. The highest BCUT2D eigenvalue weighted by atomic mass is 16.6. The standard InChI is InChI=1S/C18H24N2O3/c1-10-8-7-9-13(11(10)2)15-14(12(3)19-17(22)20-15)16(21)23-18(4,5)6/h7-9,15H,1-6H3,(H2,19,20,22). The lowest BCUT2D eigenvalue weighted by molar-refractivity contribution is -0.150. The van der Waals surface area contributed by atoms with Crippen molar-refractivity contribution in [3.63, 3.8) is 0 Å². The van der Waals surface area contributed by atoms with Crippen LogP contribution in [-0.4, -0.2) is 17.6 Å². The summed E-state index contributed by atoms with van der Waals surface area (Å²) in [7, 11) is 0. The topological polar surface area (TPSA) is 67.4 Å². The number of carbonyl (C=O) groups is 2. The Hall–Kier alpha value is -2.30. The van der Waals surface area contributed by atoms with Crippen LogP contribution in [0.3, 0.4) is 0 Å². The summed E-state index contributed by atoms with van der Waals surface area (Å²) in [5.41, 5.74) is 3.42. The molecule has 124 valence electrons. The Labute approximate surface area is 137 Å². The fourth-order valence-electron chi connectivity index (χ4n) is 2.62. The second-order valence-electron chi connectivity index (χ2n) is 6.86. The van der Waals surface area contributed by atoms with E-state index in [0.29, 0.717) is 11.3 Å². The summed E-state index contributed by atoms with van der Waals surface area (Å²) in [6.45, 7) is 11.2. The lowest BCUT2D eigenvalue weighted by Gasteiger charge is -2.31. The Morgan fingerprint density at radius 3 is 2.43 bits per heavy atom. The van der Waals surface area contributed by atoms with E-state index in [-0.39, 0.29) is 6.03 Å². The summed E-state index contributed by atoms with van der Waals surface area (Å²) < 4.78 is 5.52. The maximum Gasteiger partial charge on any atom is 0.338 e. The van der Waals surface area contributed by atoms with Crippen molar-refractivity contribution in [3.05, 3.63) is 46.2 Å². The van der Waals surface area contributed by atoms with Crippen LogP contribution in [0.1, 0.15) is 50.4 Å². The van der Waals surface area contributed by atoms with Crippen LogP contribution in [0.15, 0.2) is 29.5 Å². The van der Waals surface area contributed by atoms with Crippen molar-refractivity contribution < 1.29 is 14.3 Å². The van der Waals surface area contributed by atoms with Gasteiger partial charge in [-0.15, -0.1) is 0 Å². The molecule has 0 bridgehead atoms. The van der Waals surface area contributed by atoms with Gasteiger partial charge in [0.25, 0.3) is 0 Å². The lowest BCUT2D eigenvalue weighted by atomic mass is 9.90. The van der Waals surface area contributed by atoms with Crippen molar-refractivity contribution in [2.45, 2.75) is 53.2 Å². The molecule has 1 unspecified atom stereocenters. The van der Waals surface area contributed by atoms with E-state index in [4.69, 9.17) is 4.74 Å². The predicted molar refractivity (Wildman–Crippen MR) is 88.9 cm³/mol. The molecule has 1 heterocycles. The van der Waals surface area contributed by atoms with Crippen LogP contribution < -0.4 is 10.6 Å². The number of hydrogen-bond acceptors (Lipinski definition) is 3. The first-order valence-electron chi connectivity index (χ1n) is 7.68. The number of nitrogens with one attached hydrogen (secondary N) is 2. The van der Waals surface area contributed by atoms with E-state index in [1.807, 2.05) is 52.8 Å². The summed E-state index contributed by atoms with van der Waals surface area (Å²) in [5, 5.41) is 5.50. The minimum atomic E-state index is -0.599. The van der Waals surface area contributed by atoms with E-state index in [2.05, 4.69) is 10.6 Å². The second kappa shape index (κ2) is 6.07. The number of benzene rings is 1. The van der Waals surface area contributed by atoms with Gasteiger partial charge < -0.3 is 15.4 Å². The van der Waals surface area contributed by atoms with Crippen LogP contribution in [0.4, 0.5) is 4.79 Å². The maximum absolute atomic E-state index is 12.6. The van der Waals surface area contributed by atoms with Crippen molar-refractivity contribution in [1.82, 2.24) is 10.6 Å². The van der Waals surface area contributed by atoms with Gasteiger partial charge in [0.05, 0.1) is 11.6 Å². The smallest absolute Gasteiger partial charge is 0.338 e. The lowest BCUT2D eigenvalue weighted by Crippen LogP contribution is -2.46. The van der Waals surface area contributed by atoms with Crippen LogP contribution in [0, 0.1) is 13.8 Å². The molecule has 2 amide bonds. The number of aryl methyl sites for hydroxylation is 1. The molecular weight excluding hydrogens is 292 g/mol. The van der Waals surface area contributed by atoms with E-state index in [9.17, 15) is 9.59 Å². The third kappa shape index (κ3) is 3.73. The number of hydrogen-bond donors (Lipinski definition) is 2. The van der Waals surface area contributed by atoms with Gasteiger partial charge in [-0.3, -0.25) is 0 Å². The van der Waals surface area contributed by atoms with Crippen LogP contribution in [0.5, 0.6) is 0 Å². The molecule has 0 spiro atoms. The third-order valence-corrected chi connectivity index (χ3v) is 3.85. The monoisotopic (exact) mass is 316 g/mol. The van der Waals surface area contributed by atoms with Gasteiger partial charge in [0.1, 0.15) is 5.60 Å². The minimum Gasteiger partial charge on any atom is -0.456 e. The Morgan fingerprint density at radius 1 is 1.17 bits per heavy atom. The van der Waals surface area contributed by atoms with Crippen molar-refractivity contribution in [3.8, 4) is 0 Å². The number of allylic oxidation sites excluding steroid dienone is 1. The van der Waals surface area contributed by atoms with Gasteiger partial charge in [0.2, 0.25) is 0 Å². The molecule has 0 aliphatic carbocycles. The number of esters is 1. The van der Waals surface area contributed by atoms with Crippen LogP contribution in [0.2, 0.25) is 0 Å². The average molecular weight is 316 g/mol. The fourth-order valence-corrected chi connectivity index (χ4v) is 2.62. The maximum atomic E-state index is 12.6. The summed E-state index contributed by atoms with van der Waals surface area (Å²) >= 11 is 0. The summed E-state index contributed by atoms with van der Waals surface area (Å²) in [5.74, 6) is -0.423. The van der Waals surface area contributed by atoms with Crippen molar-refractivity contribution >= 4 is 12.0 Å². The highest BCUT2D eigenvalue weighted by Crippen LogP contribution is 2.31. The van der Waals surface area contributed by atoms with Crippen molar-refractivity contribution in [2.24, 2.45) is 0 Å². The zero-order chi connectivity index (χ0) is 17.4. The van der Waals surface area contributed by atoms with Crippen LogP contribution in [-0.2, 0) is 9.53 Å². The van der Waals surface area contributed by atoms with Gasteiger partial charge in [-0.2, -0.15) is 0 Å². The first-order chi connectivity index (χ1) is 10.6. The van der Waals surface area contributed by atoms with E-state index in [1.165, 1.54) is 0 Å². The molecule has 0 aromatic heterocycles. The molecule has 0 saturated heterocycles. The number of carbonyl (C=O) groups excluding carboxylic acids is 2. The molecule has 1 atom stereocenters. The number of amides is 2. The Kier molecular flexibility index (Phi) is 4.50. The molecule has 0 fully saturated rings. The quantitative estimate of drug-likeness (QED) is 0.823. The molecule has 1 aliphatic heterocycles. The SMILES string of the molecule is CC1=C(C(=O)OC(C)(C)C)C(c2cccc(C)c2C)NC(=O)N1. The molecule has 5 nitrogen and oxygen atoms in total. The second-order valence-corrected chi connectivity index (χ2v) is 6.86. The van der Waals surface area contributed by atoms with Crippen LogP contribution in [0.25, 0.3) is 0 Å². The minimum absolute atomic E-state index is 0.319. The van der Waals surface area contributed by atoms with Crippen molar-refractivity contribution in [2.75, 3.05) is 0 Å². The molecule has 1 aliphatic rings. The molecule has 23 heavy (non-hydrogen) atoms. The highest BCUT2D eigenvalue weighted by molar-refractivity contribution is 5.95. The largest absolute Gasteiger partial charge is 0.456 e. The number of ether oxygens (including phenoxy) is 1. The van der Waals surface area contributed by atoms with E-state index < -0.39 is 17.6 Å². The first kappa shape index (κ1) is 17.1. The summed E-state index contributed by atoms with van der Waals surface area (Å²) in [6.07, 6.45) is 0. The Bertz CT molecular complexity index is 684. The van der Waals surface area contributed by atoms with Gasteiger partial charge in [-0.1, -0.05) is 18.2 Å². The Morgan fingerprint density at radius 2 is 1.83 bits per heavy atom. The third-order valence-electron chi connectivity index (χ3n) is 3.85. The van der Waals surface area contributed by atoms with Gasteiger partial charge in [0.15, 0.2) is 0 Å². The van der Waals surface area contributed by atoms with Gasteiger partial charge in [0, 0.05) is 5.70 Å². The molecule has 5 heteroatoms. The molecule has 1 aromatic rings. The highest BCUT2D eigenvalue weighted by Gasteiger charge is 2.34. The van der Waals surface area contributed by atoms with Gasteiger partial charge in [-0.05, 0) is 58.2 Å². The molecule has 1 aromatic carbocycles. The molecule has 0 radical (unpaired) electrons. The van der Waals surface area contributed by atoms with E-state index in [1.54, 1.807) is 6.92 Å². The van der Waals surface area contributed by atoms with Gasteiger partial charge >= 0.3 is 12.0 Å². The molecule has 2 rings (SSSR count). The zero-order valence-electron chi connectivity index (χ0n) is 14.5. The Balaban J connectivity index is 2.51. The first-order valence-corrected chi connectivity index (χ1v) is 7.68.